The average molecular weight is 314 g/mol. The second-order valence-electron chi connectivity index (χ2n) is 6.97. The number of hydrogen-bond donors (Lipinski definition) is 3. The molecule has 2 amide bonds. The minimum absolute atomic E-state index is 0.0574. The maximum atomic E-state index is 12.1. The summed E-state index contributed by atoms with van der Waals surface area (Å²) in [6, 6.07) is 3.53. The normalized spacial score (nSPS) is 17.4. The molecule has 2 aromatic rings. The van der Waals surface area contributed by atoms with Crippen molar-refractivity contribution in [2.75, 3.05) is 5.32 Å². The quantitative estimate of drug-likeness (QED) is 0.791. The number of H-pyrrole nitrogens is 1. The third-order valence-corrected chi connectivity index (χ3v) is 4.03. The molecule has 1 aliphatic carbocycles. The first kappa shape index (κ1) is 15.5. The summed E-state index contributed by atoms with van der Waals surface area (Å²) in [7, 11) is 0. The van der Waals surface area contributed by atoms with E-state index in [0.717, 1.165) is 25.0 Å². The van der Waals surface area contributed by atoms with Crippen LogP contribution in [0.4, 0.5) is 10.6 Å². The van der Waals surface area contributed by atoms with E-state index >= 15 is 0 Å². The highest BCUT2D eigenvalue weighted by molar-refractivity contribution is 5.88. The van der Waals surface area contributed by atoms with Gasteiger partial charge in [0.15, 0.2) is 5.82 Å². The molecule has 0 bridgehead atoms. The first-order chi connectivity index (χ1) is 10.9. The van der Waals surface area contributed by atoms with Gasteiger partial charge in [0.05, 0.1) is 11.9 Å². The third-order valence-electron chi connectivity index (χ3n) is 4.03. The van der Waals surface area contributed by atoms with Crippen molar-refractivity contribution in [3.63, 3.8) is 0 Å². The van der Waals surface area contributed by atoms with Crippen molar-refractivity contribution in [3.05, 3.63) is 35.3 Å². The van der Waals surface area contributed by atoms with Crippen molar-refractivity contribution >= 4 is 11.8 Å². The van der Waals surface area contributed by atoms with Gasteiger partial charge in [0.2, 0.25) is 0 Å². The van der Waals surface area contributed by atoms with Crippen LogP contribution in [-0.2, 0) is 18.3 Å². The fourth-order valence-electron chi connectivity index (χ4n) is 2.68. The number of nitrogens with zero attached hydrogens (tertiary/aromatic N) is 3. The fourth-order valence-corrected chi connectivity index (χ4v) is 2.68. The molecule has 0 saturated heterocycles. The van der Waals surface area contributed by atoms with Gasteiger partial charge >= 0.3 is 6.03 Å². The lowest BCUT2D eigenvalue weighted by atomic mass is 9.92. The predicted molar refractivity (Wildman–Crippen MR) is 87.3 cm³/mol. The Labute approximate surface area is 135 Å². The Hall–Kier alpha value is -2.44. The number of fused-ring (bicyclic) bond motifs is 1. The molecule has 7 nitrogen and oxygen atoms in total. The monoisotopic (exact) mass is 314 g/mol. The van der Waals surface area contributed by atoms with Crippen LogP contribution in [0, 0.1) is 0 Å². The summed E-state index contributed by atoms with van der Waals surface area (Å²) >= 11 is 0. The maximum Gasteiger partial charge on any atom is 0.320 e. The number of aryl methyl sites for hydroxylation is 1. The molecule has 122 valence electrons. The van der Waals surface area contributed by atoms with Crippen LogP contribution in [0.1, 0.15) is 44.1 Å². The smallest absolute Gasteiger partial charge is 0.320 e. The van der Waals surface area contributed by atoms with Crippen molar-refractivity contribution < 1.29 is 4.79 Å². The maximum absolute atomic E-state index is 12.1. The summed E-state index contributed by atoms with van der Waals surface area (Å²) in [6.45, 7) is 6.22. The van der Waals surface area contributed by atoms with E-state index in [-0.39, 0.29) is 17.5 Å². The molecule has 0 fully saturated rings. The van der Waals surface area contributed by atoms with E-state index in [1.807, 2.05) is 12.3 Å². The molecule has 1 atom stereocenters. The molecule has 3 rings (SSSR count). The number of nitrogens with one attached hydrogen (secondary N) is 3. The zero-order valence-electron chi connectivity index (χ0n) is 13.7. The van der Waals surface area contributed by atoms with Gasteiger partial charge in [-0.05, 0) is 37.0 Å². The van der Waals surface area contributed by atoms with Crippen LogP contribution in [0.5, 0.6) is 0 Å². The molecule has 2 aromatic heterocycles. The van der Waals surface area contributed by atoms with Crippen LogP contribution in [-0.4, -0.2) is 32.5 Å². The number of rotatable bonds is 2. The SMILES string of the molecule is CC(C)(C)c1ccc(NC(=O)NC2CCc3[nH]ncc3C2)nn1. The zero-order chi connectivity index (χ0) is 16.4. The van der Waals surface area contributed by atoms with Gasteiger partial charge < -0.3 is 5.32 Å². The van der Waals surface area contributed by atoms with Crippen LogP contribution in [0.15, 0.2) is 18.3 Å². The molecule has 7 heteroatoms. The topological polar surface area (TPSA) is 95.6 Å². The predicted octanol–water partition coefficient (Wildman–Crippen LogP) is 2.18. The first-order valence-corrected chi connectivity index (χ1v) is 7.84. The van der Waals surface area contributed by atoms with Crippen molar-refractivity contribution in [2.45, 2.75) is 51.5 Å². The molecule has 3 N–H and O–H groups in total. The summed E-state index contributed by atoms with van der Waals surface area (Å²) in [5, 5.41) is 21.0. The molecule has 2 heterocycles. The number of carbonyl (C=O) groups is 1. The van der Waals surface area contributed by atoms with Crippen LogP contribution in [0.3, 0.4) is 0 Å². The van der Waals surface area contributed by atoms with E-state index in [2.05, 4.69) is 51.8 Å². The number of urea groups is 1. The number of anilines is 1. The molecular weight excluding hydrogens is 292 g/mol. The van der Waals surface area contributed by atoms with Crippen LogP contribution in [0.25, 0.3) is 0 Å². The number of hydrogen-bond acceptors (Lipinski definition) is 4. The van der Waals surface area contributed by atoms with E-state index < -0.39 is 0 Å². The van der Waals surface area contributed by atoms with Crippen LogP contribution < -0.4 is 10.6 Å². The number of carbonyl (C=O) groups excluding carboxylic acids is 1. The standard InChI is InChI=1S/C16H22N6O/c1-16(2,3)13-6-7-14(22-21-13)19-15(23)18-11-4-5-12-10(8-11)9-17-20-12/h6-7,9,11H,4-5,8H2,1-3H3,(H,17,20)(H2,18,19,22,23). The van der Waals surface area contributed by atoms with Crippen LogP contribution >= 0.6 is 0 Å². The Bertz CT molecular complexity index is 685. The van der Waals surface area contributed by atoms with Crippen molar-refractivity contribution in [1.82, 2.24) is 25.7 Å². The first-order valence-electron chi connectivity index (χ1n) is 7.84. The molecule has 0 saturated carbocycles. The molecule has 23 heavy (non-hydrogen) atoms. The molecule has 1 aliphatic rings. The number of aromatic amines is 1. The van der Waals surface area contributed by atoms with Gasteiger partial charge in [0.1, 0.15) is 0 Å². The summed E-state index contributed by atoms with van der Waals surface area (Å²) in [5.74, 6) is 0.454. The fraction of sp³-hybridized carbons (Fsp3) is 0.500. The van der Waals surface area contributed by atoms with E-state index in [1.165, 1.54) is 11.3 Å². The number of aromatic nitrogens is 4. The molecule has 0 aliphatic heterocycles. The molecule has 1 unspecified atom stereocenters. The Balaban J connectivity index is 1.56. The van der Waals surface area contributed by atoms with Gasteiger partial charge in [-0.2, -0.15) is 10.2 Å². The van der Waals surface area contributed by atoms with Crippen molar-refractivity contribution in [2.24, 2.45) is 0 Å². The van der Waals surface area contributed by atoms with Crippen LogP contribution in [0.2, 0.25) is 0 Å². The Morgan fingerprint density at radius 2 is 2.13 bits per heavy atom. The lowest BCUT2D eigenvalue weighted by molar-refractivity contribution is 0.247. The van der Waals surface area contributed by atoms with Gasteiger partial charge in [-0.15, -0.1) is 5.10 Å². The van der Waals surface area contributed by atoms with E-state index in [1.54, 1.807) is 6.07 Å². The summed E-state index contributed by atoms with van der Waals surface area (Å²) < 4.78 is 0. The van der Waals surface area contributed by atoms with E-state index in [0.29, 0.717) is 5.82 Å². The van der Waals surface area contributed by atoms with Gasteiger partial charge in [-0.1, -0.05) is 20.8 Å². The van der Waals surface area contributed by atoms with Crippen molar-refractivity contribution in [3.8, 4) is 0 Å². The summed E-state index contributed by atoms with van der Waals surface area (Å²) in [4.78, 5) is 12.1. The molecular formula is C16H22N6O. The number of amides is 2. The summed E-state index contributed by atoms with van der Waals surface area (Å²) in [5.41, 5.74) is 3.18. The molecule has 0 radical (unpaired) electrons. The summed E-state index contributed by atoms with van der Waals surface area (Å²) in [6.07, 6.45) is 4.43. The second kappa shape index (κ2) is 5.98. The largest absolute Gasteiger partial charge is 0.335 e. The highest BCUT2D eigenvalue weighted by Gasteiger charge is 2.22. The zero-order valence-corrected chi connectivity index (χ0v) is 13.7. The highest BCUT2D eigenvalue weighted by Crippen LogP contribution is 2.20. The average Bonchev–Trinajstić information content (AvgIpc) is 2.94. The lowest BCUT2D eigenvalue weighted by Gasteiger charge is -2.22. The second-order valence-corrected chi connectivity index (χ2v) is 6.97. The van der Waals surface area contributed by atoms with Gasteiger partial charge in [-0.3, -0.25) is 10.4 Å². The molecule has 0 aromatic carbocycles. The van der Waals surface area contributed by atoms with E-state index in [9.17, 15) is 4.79 Å². The minimum atomic E-state index is -0.250. The third kappa shape index (κ3) is 3.67. The molecule has 0 spiro atoms. The van der Waals surface area contributed by atoms with Crippen molar-refractivity contribution in [1.29, 1.82) is 0 Å². The van der Waals surface area contributed by atoms with E-state index in [4.69, 9.17) is 0 Å². The Morgan fingerprint density at radius 1 is 1.30 bits per heavy atom. The van der Waals surface area contributed by atoms with Gasteiger partial charge in [0, 0.05) is 17.2 Å². The Kier molecular flexibility index (Phi) is 4.02. The minimum Gasteiger partial charge on any atom is -0.335 e. The highest BCUT2D eigenvalue weighted by atomic mass is 16.2. The van der Waals surface area contributed by atoms with Gasteiger partial charge in [0.25, 0.3) is 0 Å². The van der Waals surface area contributed by atoms with Gasteiger partial charge in [-0.25, -0.2) is 4.79 Å². The Morgan fingerprint density at radius 3 is 2.83 bits per heavy atom. The lowest BCUT2D eigenvalue weighted by Crippen LogP contribution is -2.41.